The second-order valence-corrected chi connectivity index (χ2v) is 16.6. The molecular weight excluding hydrogens is 632 g/mol. The van der Waals surface area contributed by atoms with E-state index >= 15 is 0 Å². The zero-order valence-corrected chi connectivity index (χ0v) is 32.7. The molecule has 0 saturated carbocycles. The number of cyclic esters (lactones) is 1. The molecule has 3 aliphatic heterocycles. The zero-order chi connectivity index (χ0) is 37.1. The van der Waals surface area contributed by atoms with Crippen LogP contribution in [-0.4, -0.2) is 144 Å². The van der Waals surface area contributed by atoms with Crippen molar-refractivity contribution < 1.29 is 48.5 Å². The molecule has 288 valence electrons. The molecule has 3 fully saturated rings. The lowest BCUT2D eigenvalue weighted by molar-refractivity contribution is -0.278. The first kappa shape index (κ1) is 42.5. The van der Waals surface area contributed by atoms with Crippen molar-refractivity contribution in [3.05, 3.63) is 0 Å². The number of hydrogen-bond acceptors (Lipinski definition) is 12. The summed E-state index contributed by atoms with van der Waals surface area (Å²) in [5.74, 6) is -1.46. The fourth-order valence-corrected chi connectivity index (χ4v) is 8.14. The van der Waals surface area contributed by atoms with Crippen LogP contribution in [0, 0.1) is 11.8 Å². The first-order valence-corrected chi connectivity index (χ1v) is 18.5. The molecule has 0 aromatic carbocycles. The Hall–Kier alpha value is -0.930. The van der Waals surface area contributed by atoms with Crippen LogP contribution in [0.4, 0.5) is 0 Å². The van der Waals surface area contributed by atoms with Gasteiger partial charge in [0.15, 0.2) is 12.6 Å². The fraction of sp³-hybridized carbons (Fsp3) is 0.973. The van der Waals surface area contributed by atoms with Gasteiger partial charge in [0.05, 0.1) is 41.5 Å². The summed E-state index contributed by atoms with van der Waals surface area (Å²) >= 11 is 0. The van der Waals surface area contributed by atoms with Gasteiger partial charge < -0.3 is 53.5 Å². The summed E-state index contributed by atoms with van der Waals surface area (Å²) in [6, 6.07) is -0.230. The van der Waals surface area contributed by atoms with Gasteiger partial charge in [-0.1, -0.05) is 13.8 Å². The van der Waals surface area contributed by atoms with Gasteiger partial charge in [0.1, 0.15) is 17.8 Å². The Morgan fingerprint density at radius 1 is 0.918 bits per heavy atom. The topological polar surface area (TPSA) is 140 Å². The maximum absolute atomic E-state index is 14.0. The molecule has 0 aliphatic carbocycles. The van der Waals surface area contributed by atoms with Gasteiger partial charge >= 0.3 is 5.97 Å². The SMILES string of the molecule is CC[C@H]1OC(=O)C(C)[C@@H](O[C@H]2CC(C)(OC)CC(C)O2)C[C@@H](OC2CC(N(C)C)CC(C)O2)C(C)(O)C[C@@H](C)CN(C)C(C)C(O)C1(C)O. The number of methoxy groups -OCH3 is 1. The molecule has 0 bridgehead atoms. The predicted octanol–water partition coefficient (Wildman–Crippen LogP) is 3.71. The van der Waals surface area contributed by atoms with Gasteiger partial charge in [-0.05, 0) is 94.8 Å². The number of carbonyl (C=O) groups is 1. The van der Waals surface area contributed by atoms with E-state index in [0.29, 0.717) is 38.6 Å². The summed E-state index contributed by atoms with van der Waals surface area (Å²) in [5, 5.41) is 35.4. The van der Waals surface area contributed by atoms with Crippen molar-refractivity contribution in [2.75, 3.05) is 34.8 Å². The lowest BCUT2D eigenvalue weighted by Gasteiger charge is -2.44. The molecule has 3 heterocycles. The van der Waals surface area contributed by atoms with E-state index in [1.807, 2.05) is 60.7 Å². The van der Waals surface area contributed by atoms with E-state index in [2.05, 4.69) is 11.8 Å². The molecule has 12 heteroatoms. The van der Waals surface area contributed by atoms with Crippen LogP contribution in [-0.2, 0) is 33.2 Å². The molecule has 3 saturated heterocycles. The van der Waals surface area contributed by atoms with Crippen LogP contribution in [0.15, 0.2) is 0 Å². The van der Waals surface area contributed by atoms with E-state index in [4.69, 9.17) is 28.4 Å². The highest BCUT2D eigenvalue weighted by Gasteiger charge is 2.48. The molecule has 0 spiro atoms. The summed E-state index contributed by atoms with van der Waals surface area (Å²) in [7, 11) is 7.66. The molecule has 0 radical (unpaired) electrons. The smallest absolute Gasteiger partial charge is 0.311 e. The van der Waals surface area contributed by atoms with E-state index in [1.54, 1.807) is 21.0 Å². The van der Waals surface area contributed by atoms with Crippen LogP contribution in [0.5, 0.6) is 0 Å². The predicted molar refractivity (Wildman–Crippen MR) is 187 cm³/mol. The molecule has 0 amide bonds. The van der Waals surface area contributed by atoms with Crippen molar-refractivity contribution >= 4 is 5.97 Å². The Bertz CT molecular complexity index is 1040. The van der Waals surface area contributed by atoms with E-state index in [9.17, 15) is 20.1 Å². The van der Waals surface area contributed by atoms with Crippen molar-refractivity contribution in [3.8, 4) is 0 Å². The summed E-state index contributed by atoms with van der Waals surface area (Å²) in [6.45, 7) is 17.3. The highest BCUT2D eigenvalue weighted by atomic mass is 16.7. The molecule has 3 rings (SSSR count). The van der Waals surface area contributed by atoms with E-state index in [1.165, 1.54) is 6.92 Å². The van der Waals surface area contributed by atoms with Crippen LogP contribution in [0.2, 0.25) is 0 Å². The Kier molecular flexibility index (Phi) is 15.0. The highest BCUT2D eigenvalue weighted by molar-refractivity contribution is 5.73. The third-order valence-corrected chi connectivity index (χ3v) is 11.5. The largest absolute Gasteiger partial charge is 0.459 e. The number of esters is 1. The second kappa shape index (κ2) is 17.3. The number of carbonyl (C=O) groups excluding carboxylic acids is 1. The third-order valence-electron chi connectivity index (χ3n) is 11.5. The third kappa shape index (κ3) is 11.0. The molecule has 0 aromatic heterocycles. The molecule has 3 aliphatic rings. The quantitative estimate of drug-likeness (QED) is 0.334. The Labute approximate surface area is 296 Å². The number of likely N-dealkylation sites (N-methyl/N-ethyl adjacent to an activating group) is 1. The van der Waals surface area contributed by atoms with Crippen LogP contribution in [0.25, 0.3) is 0 Å². The van der Waals surface area contributed by atoms with E-state index < -0.39 is 71.7 Å². The van der Waals surface area contributed by atoms with Crippen LogP contribution >= 0.6 is 0 Å². The average Bonchev–Trinajstić information content (AvgIpc) is 2.99. The normalized spacial score (nSPS) is 47.3. The van der Waals surface area contributed by atoms with Gasteiger partial charge in [0, 0.05) is 51.4 Å². The Balaban J connectivity index is 2.07. The molecule has 12 nitrogen and oxygen atoms in total. The lowest BCUT2D eigenvalue weighted by atomic mass is 9.83. The Morgan fingerprint density at radius 3 is 2.14 bits per heavy atom. The number of ether oxygens (including phenoxy) is 6. The molecule has 15 atom stereocenters. The maximum Gasteiger partial charge on any atom is 0.311 e. The summed E-state index contributed by atoms with van der Waals surface area (Å²) in [5.41, 5.74) is -3.57. The molecule has 3 N–H and O–H groups in total. The van der Waals surface area contributed by atoms with Gasteiger partial charge in [-0.2, -0.15) is 0 Å². The van der Waals surface area contributed by atoms with Gasteiger partial charge in [-0.25, -0.2) is 0 Å². The minimum atomic E-state index is -1.73. The van der Waals surface area contributed by atoms with Crippen LogP contribution in [0.3, 0.4) is 0 Å². The number of rotatable bonds is 7. The summed E-state index contributed by atoms with van der Waals surface area (Å²) in [6.07, 6.45) is -1.80. The van der Waals surface area contributed by atoms with Gasteiger partial charge in [-0.3, -0.25) is 4.79 Å². The average molecular weight is 703 g/mol. The van der Waals surface area contributed by atoms with Gasteiger partial charge in [0.2, 0.25) is 0 Å². The molecule has 10 unspecified atom stereocenters. The minimum absolute atomic E-state index is 0.0295. The van der Waals surface area contributed by atoms with Crippen molar-refractivity contribution in [3.63, 3.8) is 0 Å². The first-order valence-electron chi connectivity index (χ1n) is 18.5. The van der Waals surface area contributed by atoms with Gasteiger partial charge in [0.25, 0.3) is 0 Å². The van der Waals surface area contributed by atoms with E-state index in [-0.39, 0.29) is 30.6 Å². The Morgan fingerprint density at radius 2 is 1.55 bits per heavy atom. The molecule has 49 heavy (non-hydrogen) atoms. The molecule has 0 aromatic rings. The first-order chi connectivity index (χ1) is 22.6. The number of aliphatic hydroxyl groups is 3. The number of nitrogens with zero attached hydrogens (tertiary/aromatic N) is 2. The zero-order valence-electron chi connectivity index (χ0n) is 32.7. The van der Waals surface area contributed by atoms with Crippen molar-refractivity contribution in [2.24, 2.45) is 11.8 Å². The monoisotopic (exact) mass is 703 g/mol. The fourth-order valence-electron chi connectivity index (χ4n) is 8.14. The van der Waals surface area contributed by atoms with Crippen molar-refractivity contribution in [1.82, 2.24) is 9.80 Å². The maximum atomic E-state index is 14.0. The van der Waals surface area contributed by atoms with Crippen LogP contribution < -0.4 is 0 Å². The van der Waals surface area contributed by atoms with Gasteiger partial charge in [-0.15, -0.1) is 0 Å². The standard InChI is InChI=1S/C37H70N2O10/c1-14-29-37(9,43)33(40)26(6)39(12)21-22(2)18-36(8,42)30(48-31-16-27(38(10)11)15-23(3)45-31)17-28(25(5)34(41)49-29)47-32-20-35(7,44-13)19-24(4)46-32/h22-33,40,42-43H,14-21H2,1-13H3/t22-,23?,24?,25?,26?,27?,28+,29-,30-,31?,32+,33?,35?,36?,37?/m1/s1. The molecular formula is C37H70N2O10. The van der Waals surface area contributed by atoms with Crippen LogP contribution in [0.1, 0.15) is 107 Å². The minimum Gasteiger partial charge on any atom is -0.459 e. The van der Waals surface area contributed by atoms with Crippen molar-refractivity contribution in [2.45, 2.75) is 185 Å². The van der Waals surface area contributed by atoms with E-state index in [0.717, 1.165) is 6.42 Å². The summed E-state index contributed by atoms with van der Waals surface area (Å²) in [4.78, 5) is 18.2. The number of aliphatic hydroxyl groups excluding tert-OH is 1. The number of hydrogen-bond donors (Lipinski definition) is 3. The second-order valence-electron chi connectivity index (χ2n) is 16.6. The summed E-state index contributed by atoms with van der Waals surface area (Å²) < 4.78 is 37.9. The van der Waals surface area contributed by atoms with Crippen molar-refractivity contribution in [1.29, 1.82) is 0 Å². The lowest BCUT2D eigenvalue weighted by Crippen LogP contribution is -2.59. The highest BCUT2D eigenvalue weighted by Crippen LogP contribution is 2.37.